The molecule has 2 N–H and O–H groups in total. The average molecular weight is 391 g/mol. The van der Waals surface area contributed by atoms with Crippen LogP contribution in [0.15, 0.2) is 35.2 Å². The van der Waals surface area contributed by atoms with Crippen LogP contribution in [-0.2, 0) is 16.3 Å². The summed E-state index contributed by atoms with van der Waals surface area (Å²) < 4.78 is 5.73. The highest BCUT2D eigenvalue weighted by Gasteiger charge is 2.50. The molecule has 1 radical (unpaired) electrons. The molecule has 0 aliphatic heterocycles. The maximum Gasteiger partial charge on any atom is 0.378 e. The standard InChI is InChI=1S/C19H25N3O4S/c1-14(23)22(24,26-20)19(15-5-3-2-4-6-15)16-7-9-18(10-8-16)25-11-17-12-27-13-21-17/h7-10,12-13,15,19-20,24H,2-6,11H2,1H3/q+1. The van der Waals surface area contributed by atoms with Crippen LogP contribution in [0.5, 0.6) is 5.75 Å². The summed E-state index contributed by atoms with van der Waals surface area (Å²) >= 11 is 1.52. The molecule has 2 aromatic rings. The normalized spacial score (nSPS) is 18.6. The van der Waals surface area contributed by atoms with Gasteiger partial charge in [-0.3, -0.25) is 0 Å². The first-order valence-corrected chi connectivity index (χ1v) is 10.1. The van der Waals surface area contributed by atoms with Gasteiger partial charge in [-0.25, -0.2) is 9.78 Å². The van der Waals surface area contributed by atoms with Crippen LogP contribution >= 0.6 is 11.3 Å². The van der Waals surface area contributed by atoms with E-state index in [2.05, 4.69) is 9.92 Å². The number of nitrogens with zero attached hydrogens (tertiary/aromatic N) is 2. The summed E-state index contributed by atoms with van der Waals surface area (Å²) in [6.45, 7) is 1.63. The molecule has 2 unspecified atom stereocenters. The van der Waals surface area contributed by atoms with Crippen molar-refractivity contribution < 1.29 is 24.5 Å². The van der Waals surface area contributed by atoms with Crippen LogP contribution < -0.4 is 10.6 Å². The largest absolute Gasteiger partial charge is 0.487 e. The zero-order valence-corrected chi connectivity index (χ0v) is 16.2. The minimum absolute atomic E-state index is 0.0692. The fourth-order valence-corrected chi connectivity index (χ4v) is 4.30. The molecule has 1 aliphatic carbocycles. The summed E-state index contributed by atoms with van der Waals surface area (Å²) in [7, 11) is 0. The minimum atomic E-state index is -1.36. The second-order valence-corrected chi connectivity index (χ2v) is 7.63. The van der Waals surface area contributed by atoms with Crippen LogP contribution in [0.3, 0.4) is 0 Å². The van der Waals surface area contributed by atoms with Crippen molar-refractivity contribution in [1.82, 2.24) is 10.9 Å². The molecule has 7 nitrogen and oxygen atoms in total. The van der Waals surface area contributed by atoms with Gasteiger partial charge in [-0.1, -0.05) is 19.3 Å². The molecule has 1 saturated carbocycles. The molecular weight excluding hydrogens is 366 g/mol. The maximum absolute atomic E-state index is 12.1. The van der Waals surface area contributed by atoms with Gasteiger partial charge in [-0.05, 0) is 47.9 Å². The number of quaternary nitrogens is 1. The first-order chi connectivity index (χ1) is 13.0. The molecule has 1 aromatic carbocycles. The fourth-order valence-electron chi connectivity index (χ4n) is 3.75. The Morgan fingerprint density at radius 3 is 2.59 bits per heavy atom. The number of hydrogen-bond donors (Lipinski definition) is 1. The van der Waals surface area contributed by atoms with Gasteiger partial charge in [0.2, 0.25) is 0 Å². The van der Waals surface area contributed by atoms with Gasteiger partial charge in [0.15, 0.2) is 6.04 Å². The highest BCUT2D eigenvalue weighted by molar-refractivity contribution is 7.07. The van der Waals surface area contributed by atoms with Crippen molar-refractivity contribution in [3.05, 3.63) is 46.4 Å². The molecule has 3 rings (SSSR count). The van der Waals surface area contributed by atoms with Gasteiger partial charge in [0, 0.05) is 21.7 Å². The second-order valence-electron chi connectivity index (χ2n) is 6.91. The number of carbonyl (C=O) groups excluding carboxylic acids is 1. The molecule has 0 saturated heterocycles. The van der Waals surface area contributed by atoms with Gasteiger partial charge in [-0.15, -0.1) is 11.3 Å². The number of benzene rings is 1. The number of amides is 1. The van der Waals surface area contributed by atoms with E-state index in [1.807, 2.05) is 29.6 Å². The molecule has 1 heterocycles. The summed E-state index contributed by atoms with van der Waals surface area (Å²) in [4.78, 5) is 19.5. The van der Waals surface area contributed by atoms with E-state index in [1.54, 1.807) is 5.51 Å². The number of carbonyl (C=O) groups is 1. The van der Waals surface area contributed by atoms with E-state index in [0.29, 0.717) is 12.4 Å². The molecule has 1 fully saturated rings. The van der Waals surface area contributed by atoms with Crippen molar-refractivity contribution in [1.29, 1.82) is 0 Å². The first kappa shape index (κ1) is 19.9. The van der Waals surface area contributed by atoms with E-state index in [-0.39, 0.29) is 5.92 Å². The van der Waals surface area contributed by atoms with Crippen molar-refractivity contribution in [3.8, 4) is 5.75 Å². The van der Waals surface area contributed by atoms with E-state index in [0.717, 1.165) is 43.4 Å². The van der Waals surface area contributed by atoms with Crippen LogP contribution in [0.4, 0.5) is 0 Å². The Morgan fingerprint density at radius 2 is 2.04 bits per heavy atom. The highest BCUT2D eigenvalue weighted by atomic mass is 32.1. The number of hydrogen-bond acceptors (Lipinski definition) is 6. The maximum atomic E-state index is 12.1. The molecule has 1 amide bonds. The van der Waals surface area contributed by atoms with E-state index in [9.17, 15) is 10.0 Å². The van der Waals surface area contributed by atoms with Crippen molar-refractivity contribution in [3.63, 3.8) is 0 Å². The van der Waals surface area contributed by atoms with E-state index in [4.69, 9.17) is 10.6 Å². The van der Waals surface area contributed by atoms with Gasteiger partial charge >= 0.3 is 5.91 Å². The van der Waals surface area contributed by atoms with Crippen LogP contribution in [-0.4, -0.2) is 20.9 Å². The van der Waals surface area contributed by atoms with Crippen molar-refractivity contribution in [2.24, 2.45) is 5.92 Å². The van der Waals surface area contributed by atoms with Crippen LogP contribution in [0.25, 0.3) is 0 Å². The minimum Gasteiger partial charge on any atom is -0.487 e. The lowest BCUT2D eigenvalue weighted by atomic mass is 9.80. The van der Waals surface area contributed by atoms with Crippen molar-refractivity contribution >= 4 is 17.2 Å². The zero-order chi connectivity index (χ0) is 19.3. The Morgan fingerprint density at radius 1 is 1.33 bits per heavy atom. The Labute approximate surface area is 162 Å². The molecule has 8 heteroatoms. The molecule has 0 bridgehead atoms. The molecule has 27 heavy (non-hydrogen) atoms. The van der Waals surface area contributed by atoms with Crippen molar-refractivity contribution in [2.45, 2.75) is 51.7 Å². The van der Waals surface area contributed by atoms with E-state index in [1.165, 1.54) is 18.3 Å². The Kier molecular flexibility index (Phi) is 6.56. The number of ether oxygens (including phenoxy) is 1. The first-order valence-electron chi connectivity index (χ1n) is 9.12. The van der Waals surface area contributed by atoms with Gasteiger partial charge in [0.05, 0.1) is 18.1 Å². The summed E-state index contributed by atoms with van der Waals surface area (Å²) in [6, 6.07) is 6.66. The summed E-state index contributed by atoms with van der Waals surface area (Å²) in [5.41, 5.74) is 3.39. The number of rotatable bonds is 7. The van der Waals surface area contributed by atoms with Gasteiger partial charge in [0.1, 0.15) is 12.4 Å². The molecule has 2 atom stereocenters. The van der Waals surface area contributed by atoms with Gasteiger partial charge < -0.3 is 4.74 Å². The Balaban J connectivity index is 1.81. The predicted molar refractivity (Wildman–Crippen MR) is 99.1 cm³/mol. The van der Waals surface area contributed by atoms with Crippen LogP contribution in [0.2, 0.25) is 0 Å². The lowest BCUT2D eigenvalue weighted by Crippen LogP contribution is -2.53. The summed E-state index contributed by atoms with van der Waals surface area (Å²) in [6.07, 6.45) is 5.03. The number of thiazole rings is 1. The monoisotopic (exact) mass is 391 g/mol. The third-order valence-corrected chi connectivity index (χ3v) is 5.79. The van der Waals surface area contributed by atoms with Crippen LogP contribution in [0, 0.1) is 5.92 Å². The van der Waals surface area contributed by atoms with E-state index >= 15 is 0 Å². The molecule has 145 valence electrons. The Hall–Kier alpha value is -1.84. The number of nitrogens with one attached hydrogen (secondary N) is 1. The third-order valence-electron chi connectivity index (χ3n) is 5.16. The zero-order valence-electron chi connectivity index (χ0n) is 15.3. The van der Waals surface area contributed by atoms with E-state index < -0.39 is 16.8 Å². The summed E-state index contributed by atoms with van der Waals surface area (Å²) in [5.74, 6) is 7.49. The predicted octanol–water partition coefficient (Wildman–Crippen LogP) is 4.23. The fraction of sp³-hybridized carbons (Fsp3) is 0.474. The average Bonchev–Trinajstić information content (AvgIpc) is 3.21. The second kappa shape index (κ2) is 8.90. The van der Waals surface area contributed by atoms with Crippen molar-refractivity contribution in [2.75, 3.05) is 0 Å². The number of hydroxylamine groups is 4. The third kappa shape index (κ3) is 4.53. The smallest absolute Gasteiger partial charge is 0.378 e. The lowest BCUT2D eigenvalue weighted by molar-refractivity contribution is -1.22. The highest BCUT2D eigenvalue weighted by Crippen LogP contribution is 2.42. The van der Waals surface area contributed by atoms with Gasteiger partial charge in [-0.2, -0.15) is 5.21 Å². The Bertz CT molecular complexity index is 732. The SMILES string of the molecule is CC(=O)[N+](O)(O[NH])C(c1ccc(OCc2cscn2)cc1)C1CCCCC1. The quantitative estimate of drug-likeness (QED) is 0.433. The van der Waals surface area contributed by atoms with Crippen LogP contribution in [0.1, 0.15) is 56.3 Å². The lowest BCUT2D eigenvalue weighted by Gasteiger charge is -2.36. The number of aromatic nitrogens is 1. The molecular formula is C19H25N3O4S+. The van der Waals surface area contributed by atoms with Gasteiger partial charge in [0.25, 0.3) is 0 Å². The topological polar surface area (TPSA) is 92.5 Å². The summed E-state index contributed by atoms with van der Waals surface area (Å²) in [5, 5.41) is 12.7. The molecule has 0 spiro atoms. The molecule has 1 aliphatic rings. The molecule has 1 aromatic heterocycles.